The second-order valence-electron chi connectivity index (χ2n) is 5.57. The van der Waals surface area contributed by atoms with Crippen LogP contribution in [0.4, 0.5) is 0 Å². The van der Waals surface area contributed by atoms with Crippen molar-refractivity contribution in [2.24, 2.45) is 5.92 Å². The van der Waals surface area contributed by atoms with Crippen LogP contribution in [0.3, 0.4) is 0 Å². The van der Waals surface area contributed by atoms with Crippen molar-refractivity contribution in [1.29, 1.82) is 0 Å². The summed E-state index contributed by atoms with van der Waals surface area (Å²) >= 11 is 0. The van der Waals surface area contributed by atoms with E-state index in [1.165, 1.54) is 64.3 Å². The maximum Gasteiger partial charge on any atom is 0.0431 e. The maximum atomic E-state index is 8.69. The Morgan fingerprint density at radius 3 is 2.59 bits per heavy atom. The van der Waals surface area contributed by atoms with Gasteiger partial charge in [0.25, 0.3) is 0 Å². The van der Waals surface area contributed by atoms with Gasteiger partial charge < -0.3 is 10.4 Å². The van der Waals surface area contributed by atoms with Crippen molar-refractivity contribution in [2.75, 3.05) is 13.2 Å². The summed E-state index contributed by atoms with van der Waals surface area (Å²) in [5.41, 5.74) is 0. The highest BCUT2D eigenvalue weighted by atomic mass is 16.2. The van der Waals surface area contributed by atoms with E-state index in [4.69, 9.17) is 5.11 Å². The smallest absolute Gasteiger partial charge is 0.0431 e. The third kappa shape index (κ3) is 7.05. The summed E-state index contributed by atoms with van der Waals surface area (Å²) in [4.78, 5) is 0. The van der Waals surface area contributed by atoms with Crippen molar-refractivity contribution in [3.63, 3.8) is 0 Å². The van der Waals surface area contributed by atoms with Crippen LogP contribution < -0.4 is 5.32 Å². The van der Waals surface area contributed by atoms with Crippen LogP contribution in [0, 0.1) is 5.92 Å². The lowest BCUT2D eigenvalue weighted by Gasteiger charge is -2.16. The molecule has 0 saturated heterocycles. The van der Waals surface area contributed by atoms with Gasteiger partial charge in [-0.1, -0.05) is 39.0 Å². The Morgan fingerprint density at radius 2 is 1.82 bits per heavy atom. The normalized spacial score (nSPS) is 25.8. The lowest BCUT2D eigenvalue weighted by Crippen LogP contribution is -2.29. The molecular weight excluding hydrogens is 210 g/mol. The van der Waals surface area contributed by atoms with Gasteiger partial charge in [-0.05, 0) is 44.6 Å². The minimum absolute atomic E-state index is 0.356. The monoisotopic (exact) mass is 241 g/mol. The molecule has 0 spiro atoms. The SMILES string of the molecule is CCC1CCCC(NCCCCCCO)CC1. The Balaban J connectivity index is 1.99. The van der Waals surface area contributed by atoms with E-state index < -0.39 is 0 Å². The summed E-state index contributed by atoms with van der Waals surface area (Å²) in [7, 11) is 0. The van der Waals surface area contributed by atoms with Crippen LogP contribution in [0.1, 0.15) is 71.1 Å². The predicted molar refractivity (Wildman–Crippen MR) is 74.2 cm³/mol. The van der Waals surface area contributed by atoms with Gasteiger partial charge >= 0.3 is 0 Å². The topological polar surface area (TPSA) is 32.3 Å². The van der Waals surface area contributed by atoms with Gasteiger partial charge in [-0.15, -0.1) is 0 Å². The van der Waals surface area contributed by atoms with E-state index in [0.29, 0.717) is 6.61 Å². The highest BCUT2D eigenvalue weighted by Crippen LogP contribution is 2.25. The molecule has 2 unspecified atom stereocenters. The molecular formula is C15H31NO. The van der Waals surface area contributed by atoms with Crippen molar-refractivity contribution in [3.05, 3.63) is 0 Å². The largest absolute Gasteiger partial charge is 0.396 e. The van der Waals surface area contributed by atoms with E-state index in [1.54, 1.807) is 0 Å². The molecule has 0 radical (unpaired) electrons. The third-order valence-electron chi connectivity index (χ3n) is 4.18. The molecule has 0 aromatic heterocycles. The summed E-state index contributed by atoms with van der Waals surface area (Å²) in [6.07, 6.45) is 13.1. The van der Waals surface area contributed by atoms with E-state index in [0.717, 1.165) is 18.4 Å². The Morgan fingerprint density at radius 1 is 1.00 bits per heavy atom. The zero-order chi connectivity index (χ0) is 12.3. The second kappa shape index (κ2) is 9.90. The molecule has 1 aliphatic carbocycles. The van der Waals surface area contributed by atoms with Crippen LogP contribution in [-0.2, 0) is 0 Å². The van der Waals surface area contributed by atoms with Crippen LogP contribution >= 0.6 is 0 Å². The molecule has 2 N–H and O–H groups in total. The molecule has 1 saturated carbocycles. The van der Waals surface area contributed by atoms with Crippen LogP contribution in [0.5, 0.6) is 0 Å². The van der Waals surface area contributed by atoms with Gasteiger partial charge in [0.2, 0.25) is 0 Å². The number of unbranched alkanes of at least 4 members (excludes halogenated alkanes) is 3. The number of aliphatic hydroxyl groups is 1. The summed E-state index contributed by atoms with van der Waals surface area (Å²) in [6.45, 7) is 3.86. The highest BCUT2D eigenvalue weighted by Gasteiger charge is 2.16. The molecule has 0 bridgehead atoms. The highest BCUT2D eigenvalue weighted by molar-refractivity contribution is 4.74. The average molecular weight is 241 g/mol. The van der Waals surface area contributed by atoms with Gasteiger partial charge in [-0.2, -0.15) is 0 Å². The van der Waals surface area contributed by atoms with Crippen molar-refractivity contribution in [2.45, 2.75) is 77.2 Å². The lowest BCUT2D eigenvalue weighted by atomic mass is 9.98. The van der Waals surface area contributed by atoms with Crippen LogP contribution in [0.25, 0.3) is 0 Å². The zero-order valence-electron chi connectivity index (χ0n) is 11.6. The first-order valence-corrected chi connectivity index (χ1v) is 7.71. The molecule has 2 heteroatoms. The van der Waals surface area contributed by atoms with Crippen molar-refractivity contribution >= 4 is 0 Å². The van der Waals surface area contributed by atoms with E-state index >= 15 is 0 Å². The van der Waals surface area contributed by atoms with Gasteiger partial charge in [0.1, 0.15) is 0 Å². The molecule has 2 atom stereocenters. The summed E-state index contributed by atoms with van der Waals surface area (Å²) in [5.74, 6) is 0.992. The molecule has 102 valence electrons. The predicted octanol–water partition coefficient (Wildman–Crippen LogP) is 3.49. The molecule has 0 amide bonds. The van der Waals surface area contributed by atoms with E-state index in [-0.39, 0.29) is 0 Å². The third-order valence-corrected chi connectivity index (χ3v) is 4.18. The fourth-order valence-corrected chi connectivity index (χ4v) is 2.89. The molecule has 1 fully saturated rings. The molecule has 0 aromatic carbocycles. The number of nitrogens with one attached hydrogen (secondary N) is 1. The maximum absolute atomic E-state index is 8.69. The van der Waals surface area contributed by atoms with E-state index in [1.807, 2.05) is 0 Å². The Kier molecular flexibility index (Phi) is 8.72. The van der Waals surface area contributed by atoms with Crippen molar-refractivity contribution in [1.82, 2.24) is 5.32 Å². The summed E-state index contributed by atoms with van der Waals surface area (Å²) in [6, 6.07) is 0.782. The Hall–Kier alpha value is -0.0800. The standard InChI is InChI=1S/C15H31NO/c1-2-14-8-7-9-15(11-10-14)16-12-5-3-4-6-13-17/h14-17H,2-13H2,1H3. The number of aliphatic hydroxyl groups excluding tert-OH is 1. The van der Waals surface area contributed by atoms with Crippen LogP contribution in [-0.4, -0.2) is 24.3 Å². The lowest BCUT2D eigenvalue weighted by molar-refractivity contribution is 0.282. The first kappa shape index (κ1) is 15.0. The van der Waals surface area contributed by atoms with Gasteiger partial charge in [-0.3, -0.25) is 0 Å². The quantitative estimate of drug-likeness (QED) is 0.503. The van der Waals surface area contributed by atoms with Crippen LogP contribution in [0.15, 0.2) is 0 Å². The molecule has 0 aliphatic heterocycles. The average Bonchev–Trinajstić information content (AvgIpc) is 2.59. The Labute approximate surface area is 107 Å². The molecule has 17 heavy (non-hydrogen) atoms. The minimum atomic E-state index is 0.356. The summed E-state index contributed by atoms with van der Waals surface area (Å²) in [5, 5.41) is 12.4. The molecule has 1 aliphatic rings. The molecule has 0 aromatic rings. The van der Waals surface area contributed by atoms with E-state index in [9.17, 15) is 0 Å². The van der Waals surface area contributed by atoms with Gasteiger partial charge in [-0.25, -0.2) is 0 Å². The molecule has 0 heterocycles. The van der Waals surface area contributed by atoms with Crippen molar-refractivity contribution < 1.29 is 5.11 Å². The fraction of sp³-hybridized carbons (Fsp3) is 1.00. The van der Waals surface area contributed by atoms with Crippen LogP contribution in [0.2, 0.25) is 0 Å². The molecule has 1 rings (SSSR count). The number of rotatable bonds is 8. The van der Waals surface area contributed by atoms with Gasteiger partial charge in [0.15, 0.2) is 0 Å². The first-order chi connectivity index (χ1) is 8.36. The second-order valence-corrected chi connectivity index (χ2v) is 5.57. The van der Waals surface area contributed by atoms with Gasteiger partial charge in [0.05, 0.1) is 0 Å². The van der Waals surface area contributed by atoms with Crippen molar-refractivity contribution in [3.8, 4) is 0 Å². The first-order valence-electron chi connectivity index (χ1n) is 7.71. The molecule has 2 nitrogen and oxygen atoms in total. The number of hydrogen-bond donors (Lipinski definition) is 2. The summed E-state index contributed by atoms with van der Waals surface area (Å²) < 4.78 is 0. The zero-order valence-corrected chi connectivity index (χ0v) is 11.6. The number of hydrogen-bond acceptors (Lipinski definition) is 2. The minimum Gasteiger partial charge on any atom is -0.396 e. The fourth-order valence-electron chi connectivity index (χ4n) is 2.89. The van der Waals surface area contributed by atoms with Gasteiger partial charge in [0, 0.05) is 12.6 Å². The van der Waals surface area contributed by atoms with E-state index in [2.05, 4.69) is 12.2 Å². The Bertz CT molecular complexity index is 172.